The van der Waals surface area contributed by atoms with E-state index in [4.69, 9.17) is 4.74 Å². The Balaban J connectivity index is 2.22. The molecule has 3 aliphatic carbocycles. The largest absolute Gasteiger partial charge is 0.419 e. The van der Waals surface area contributed by atoms with Crippen LogP contribution < -0.4 is 0 Å². The summed E-state index contributed by atoms with van der Waals surface area (Å²) in [4.78, 5) is 39.3. The van der Waals surface area contributed by atoms with Gasteiger partial charge in [0.2, 0.25) is 5.78 Å². The summed E-state index contributed by atoms with van der Waals surface area (Å²) < 4.78 is 5.56. The molecule has 2 saturated carbocycles. The molecule has 25 heavy (non-hydrogen) atoms. The van der Waals surface area contributed by atoms with Crippen LogP contribution in [0.3, 0.4) is 0 Å². The third-order valence-corrected chi connectivity index (χ3v) is 7.79. The van der Waals surface area contributed by atoms with E-state index < -0.39 is 16.8 Å². The van der Waals surface area contributed by atoms with E-state index >= 15 is 0 Å². The van der Waals surface area contributed by atoms with Gasteiger partial charge in [0.15, 0.2) is 11.5 Å². The van der Waals surface area contributed by atoms with Gasteiger partial charge in [-0.1, -0.05) is 33.8 Å². The number of ketones is 2. The summed E-state index contributed by atoms with van der Waals surface area (Å²) in [5.74, 6) is -1.04. The lowest BCUT2D eigenvalue weighted by molar-refractivity contribution is -0.152. The zero-order chi connectivity index (χ0) is 18.9. The number of esters is 1. The van der Waals surface area contributed by atoms with E-state index in [0.717, 1.165) is 12.8 Å². The van der Waals surface area contributed by atoms with Crippen molar-refractivity contribution in [2.24, 2.45) is 28.1 Å². The molecule has 0 unspecified atom stereocenters. The van der Waals surface area contributed by atoms with Crippen LogP contribution >= 0.6 is 0 Å². The molecule has 2 bridgehead atoms. The maximum atomic E-state index is 13.6. The van der Waals surface area contributed by atoms with Crippen LogP contribution in [-0.2, 0) is 19.1 Å². The summed E-state index contributed by atoms with van der Waals surface area (Å²) in [5.41, 5.74) is -0.746. The zero-order valence-electron chi connectivity index (χ0n) is 16.3. The van der Waals surface area contributed by atoms with Crippen molar-refractivity contribution >= 4 is 17.5 Å². The molecular formula is C21H28O4. The number of Topliss-reactive ketones (excluding diaryl/α,β-unsaturated/α-hetero) is 2. The Hall–Kier alpha value is -1.71. The first kappa shape index (κ1) is 18.1. The minimum Gasteiger partial charge on any atom is -0.419 e. The van der Waals surface area contributed by atoms with Crippen LogP contribution in [0, 0.1) is 28.1 Å². The van der Waals surface area contributed by atoms with E-state index in [-0.39, 0.29) is 34.6 Å². The van der Waals surface area contributed by atoms with Crippen LogP contribution in [0.4, 0.5) is 0 Å². The van der Waals surface area contributed by atoms with Gasteiger partial charge in [-0.3, -0.25) is 9.59 Å². The predicted octanol–water partition coefficient (Wildman–Crippen LogP) is 4.00. The van der Waals surface area contributed by atoms with Crippen LogP contribution in [-0.4, -0.2) is 17.5 Å². The topological polar surface area (TPSA) is 60.4 Å². The third kappa shape index (κ3) is 1.76. The van der Waals surface area contributed by atoms with Gasteiger partial charge in [-0.05, 0) is 55.9 Å². The second-order valence-electron chi connectivity index (χ2n) is 8.80. The van der Waals surface area contributed by atoms with Gasteiger partial charge in [-0.25, -0.2) is 4.79 Å². The van der Waals surface area contributed by atoms with Crippen molar-refractivity contribution in [3.05, 3.63) is 23.0 Å². The van der Waals surface area contributed by atoms with Crippen molar-refractivity contribution in [1.82, 2.24) is 0 Å². The molecule has 0 radical (unpaired) electrons. The average Bonchev–Trinajstić information content (AvgIpc) is 2.88. The highest BCUT2D eigenvalue weighted by Gasteiger charge is 2.80. The standard InChI is InChI=1S/C21H28O4/c1-8-11(2)18(24)25-15-13(4)14-16(22)21(17(15)23)12(3)9-10-20(21,7)19(14,5)6/h8,12,14H,9-10H2,1-7H3/b11-8-/t12-,14+,20-,21+/m1/s1. The molecular weight excluding hydrogens is 316 g/mol. The summed E-state index contributed by atoms with van der Waals surface area (Å²) in [6.45, 7) is 13.5. The highest BCUT2D eigenvalue weighted by Crippen LogP contribution is 2.75. The molecule has 2 fully saturated rings. The Morgan fingerprint density at radius 2 is 1.84 bits per heavy atom. The lowest BCUT2D eigenvalue weighted by atomic mass is 9.57. The average molecular weight is 344 g/mol. The van der Waals surface area contributed by atoms with Gasteiger partial charge in [-0.15, -0.1) is 0 Å². The molecule has 0 heterocycles. The number of allylic oxidation sites excluding steroid dienone is 3. The van der Waals surface area contributed by atoms with E-state index in [1.165, 1.54) is 0 Å². The van der Waals surface area contributed by atoms with Crippen molar-refractivity contribution in [2.75, 3.05) is 0 Å². The van der Waals surface area contributed by atoms with Gasteiger partial charge < -0.3 is 4.74 Å². The van der Waals surface area contributed by atoms with Gasteiger partial charge >= 0.3 is 5.97 Å². The number of hydrogen-bond donors (Lipinski definition) is 0. The van der Waals surface area contributed by atoms with Crippen LogP contribution in [0.2, 0.25) is 0 Å². The second kappa shape index (κ2) is 5.15. The van der Waals surface area contributed by atoms with Crippen molar-refractivity contribution in [3.63, 3.8) is 0 Å². The molecule has 0 amide bonds. The molecule has 4 nitrogen and oxygen atoms in total. The third-order valence-electron chi connectivity index (χ3n) is 7.79. The van der Waals surface area contributed by atoms with Gasteiger partial charge in [0.1, 0.15) is 5.41 Å². The Morgan fingerprint density at radius 1 is 1.24 bits per heavy atom. The monoisotopic (exact) mass is 344 g/mol. The van der Waals surface area contributed by atoms with E-state index in [1.807, 2.05) is 6.92 Å². The van der Waals surface area contributed by atoms with Gasteiger partial charge in [0.25, 0.3) is 0 Å². The molecule has 0 aliphatic heterocycles. The van der Waals surface area contributed by atoms with Crippen molar-refractivity contribution in [1.29, 1.82) is 0 Å². The highest BCUT2D eigenvalue weighted by atomic mass is 16.5. The predicted molar refractivity (Wildman–Crippen MR) is 94.4 cm³/mol. The normalized spacial score (nSPS) is 39.7. The fraction of sp³-hybridized carbons (Fsp3) is 0.667. The lowest BCUT2D eigenvalue weighted by Crippen LogP contribution is -2.51. The van der Waals surface area contributed by atoms with Crippen LogP contribution in [0.15, 0.2) is 23.0 Å². The number of carbonyl (C=O) groups excluding carboxylic acids is 3. The first-order chi connectivity index (χ1) is 11.5. The van der Waals surface area contributed by atoms with E-state index in [2.05, 4.69) is 20.8 Å². The van der Waals surface area contributed by atoms with E-state index in [0.29, 0.717) is 11.1 Å². The molecule has 4 atom stereocenters. The molecule has 3 rings (SSSR count). The van der Waals surface area contributed by atoms with Crippen molar-refractivity contribution < 1.29 is 19.1 Å². The van der Waals surface area contributed by atoms with Crippen LogP contribution in [0.5, 0.6) is 0 Å². The summed E-state index contributed by atoms with van der Waals surface area (Å²) in [6, 6.07) is 0. The number of fused-ring (bicyclic) bond motifs is 1. The van der Waals surface area contributed by atoms with Crippen LogP contribution in [0.1, 0.15) is 61.3 Å². The minimum atomic E-state index is -1.06. The smallest absolute Gasteiger partial charge is 0.338 e. The lowest BCUT2D eigenvalue weighted by Gasteiger charge is -2.44. The fourth-order valence-corrected chi connectivity index (χ4v) is 5.91. The first-order valence-corrected chi connectivity index (χ1v) is 9.13. The summed E-state index contributed by atoms with van der Waals surface area (Å²) in [7, 11) is 0. The zero-order valence-corrected chi connectivity index (χ0v) is 16.3. The van der Waals surface area contributed by atoms with E-state index in [9.17, 15) is 14.4 Å². The second-order valence-corrected chi connectivity index (χ2v) is 8.80. The van der Waals surface area contributed by atoms with Crippen molar-refractivity contribution in [2.45, 2.75) is 61.3 Å². The minimum absolute atomic E-state index is 0.0357. The fourth-order valence-electron chi connectivity index (χ4n) is 5.91. The Bertz CT molecular complexity index is 754. The molecule has 0 aromatic heterocycles. The molecule has 0 aromatic rings. The van der Waals surface area contributed by atoms with Crippen LogP contribution in [0.25, 0.3) is 0 Å². The quantitative estimate of drug-likeness (QED) is 0.431. The summed E-state index contributed by atoms with van der Waals surface area (Å²) in [5, 5.41) is 0. The van der Waals surface area contributed by atoms with E-state index in [1.54, 1.807) is 26.8 Å². The molecule has 0 aromatic carbocycles. The van der Waals surface area contributed by atoms with Gasteiger partial charge in [0, 0.05) is 11.5 Å². The number of rotatable bonds is 2. The molecule has 4 heteroatoms. The maximum absolute atomic E-state index is 13.6. The Labute approximate surface area is 149 Å². The maximum Gasteiger partial charge on any atom is 0.338 e. The number of hydrogen-bond acceptors (Lipinski definition) is 4. The highest BCUT2D eigenvalue weighted by molar-refractivity contribution is 6.21. The summed E-state index contributed by atoms with van der Waals surface area (Å²) in [6.07, 6.45) is 3.35. The van der Waals surface area contributed by atoms with Crippen molar-refractivity contribution in [3.8, 4) is 0 Å². The molecule has 136 valence electrons. The summed E-state index contributed by atoms with van der Waals surface area (Å²) >= 11 is 0. The molecule has 0 N–H and O–H groups in total. The molecule has 0 saturated heterocycles. The SMILES string of the molecule is C/C=C(/C)C(=O)OC1=C(C)[C@H]2C(=O)[C@]3(C1=O)[C@H](C)CC[C@]3(C)C2(C)C. The Morgan fingerprint density at radius 3 is 2.40 bits per heavy atom. The van der Waals surface area contributed by atoms with Gasteiger partial charge in [0.05, 0.1) is 0 Å². The Kier molecular flexibility index (Phi) is 3.73. The molecule has 1 spiro atoms. The van der Waals surface area contributed by atoms with Gasteiger partial charge in [-0.2, -0.15) is 0 Å². The first-order valence-electron chi connectivity index (χ1n) is 9.13. The molecule has 3 aliphatic rings. The number of carbonyl (C=O) groups is 3. The number of ether oxygens (including phenoxy) is 1.